The number of alkyl halides is 6. The summed E-state index contributed by atoms with van der Waals surface area (Å²) in [6.45, 7) is 12.4. The predicted molar refractivity (Wildman–Crippen MR) is 269 cm³/mol. The second-order valence-electron chi connectivity index (χ2n) is 27.8. The summed E-state index contributed by atoms with van der Waals surface area (Å²) in [5, 5.41) is 10.6. The molecule has 18 atom stereocenters. The van der Waals surface area contributed by atoms with Crippen molar-refractivity contribution in [3.05, 3.63) is 12.2 Å². The number of halogens is 6. The highest BCUT2D eigenvalue weighted by Gasteiger charge is 2.72. The molecule has 19 heteroatoms. The van der Waals surface area contributed by atoms with Crippen molar-refractivity contribution in [3.63, 3.8) is 0 Å². The number of esters is 6. The van der Waals surface area contributed by atoms with Gasteiger partial charge in [-0.2, -0.15) is 26.3 Å². The molecule has 79 heavy (non-hydrogen) atoms. The van der Waals surface area contributed by atoms with Crippen LogP contribution in [0.5, 0.6) is 0 Å². The molecule has 442 valence electrons. The Morgan fingerprint density at radius 2 is 1.30 bits per heavy atom. The molecule has 0 aromatic carbocycles. The molecule has 3 aliphatic heterocycles. The molecule has 14 rings (SSSR count). The average Bonchev–Trinajstić information content (AvgIpc) is 4.30. The highest BCUT2D eigenvalue weighted by Crippen LogP contribution is 2.65. The molecule has 0 radical (unpaired) electrons. The highest BCUT2D eigenvalue weighted by atomic mass is 19.4. The zero-order valence-electron chi connectivity index (χ0n) is 46.9. The van der Waals surface area contributed by atoms with Crippen molar-refractivity contribution in [3.8, 4) is 0 Å². The molecule has 13 fully saturated rings. The van der Waals surface area contributed by atoms with E-state index in [1.54, 1.807) is 0 Å². The largest absolute Gasteiger partial charge is 0.465 e. The molecule has 0 amide bonds. The summed E-state index contributed by atoms with van der Waals surface area (Å²) in [5.41, 5.74) is -6.96. The zero-order chi connectivity index (χ0) is 57.3. The SMILES string of the molecule is CC1C2CC(C1C)C1(COC(=O)C1)C2.CCC(C)(C(=O)OC12CC3CC(CC(O)(C3)C1)C2)C(F)(F)F.CCC1(OC(=O)C2C3CC4C(OC(=O)C42)C3OC(=O)C(C)(CC)C(F)(F)F)CCCC1.O=C1CC2(CO1)CC1C=CC2C1. The van der Waals surface area contributed by atoms with Crippen LogP contribution in [0.4, 0.5) is 26.3 Å². The van der Waals surface area contributed by atoms with Gasteiger partial charge < -0.3 is 33.5 Å². The number of carbonyl (C=O) groups excluding carboxylic acids is 6. The van der Waals surface area contributed by atoms with E-state index in [9.17, 15) is 60.2 Å². The maximum absolute atomic E-state index is 13.5. The smallest absolute Gasteiger partial charge is 0.404 e. The quantitative estimate of drug-likeness (QED) is 0.0999. The van der Waals surface area contributed by atoms with E-state index >= 15 is 0 Å². The molecule has 10 saturated carbocycles. The van der Waals surface area contributed by atoms with Gasteiger partial charge in [-0.25, -0.2) is 0 Å². The molecule has 11 aliphatic carbocycles. The Kier molecular flexibility index (Phi) is 14.9. The van der Waals surface area contributed by atoms with Crippen LogP contribution in [-0.4, -0.2) is 95.5 Å². The first-order valence-corrected chi connectivity index (χ1v) is 29.6. The van der Waals surface area contributed by atoms with E-state index in [1.165, 1.54) is 39.5 Å². The summed E-state index contributed by atoms with van der Waals surface area (Å²) in [7, 11) is 0. The third-order valence-electron chi connectivity index (χ3n) is 23.3. The van der Waals surface area contributed by atoms with E-state index in [0.717, 1.165) is 75.5 Å². The average molecular weight is 1130 g/mol. The predicted octanol–water partition coefficient (Wildman–Crippen LogP) is 11.3. The van der Waals surface area contributed by atoms with Gasteiger partial charge in [-0.05, 0) is 170 Å². The summed E-state index contributed by atoms with van der Waals surface area (Å²) in [4.78, 5) is 72.8. The number of rotatable bonds is 9. The first-order valence-electron chi connectivity index (χ1n) is 29.6. The van der Waals surface area contributed by atoms with E-state index in [1.807, 2.05) is 6.92 Å². The normalized spacial score (nSPS) is 44.0. The Bertz CT molecular complexity index is 2440. The van der Waals surface area contributed by atoms with Gasteiger partial charge >= 0.3 is 48.2 Å². The topological polar surface area (TPSA) is 178 Å². The van der Waals surface area contributed by atoms with Crippen molar-refractivity contribution in [1.29, 1.82) is 0 Å². The number of cyclic esters (lactones) is 2. The van der Waals surface area contributed by atoms with Gasteiger partial charge in [0.05, 0.1) is 43.5 Å². The fraction of sp³-hybridized carbons (Fsp3) is 0.867. The molecule has 3 saturated heterocycles. The number of hydrogen-bond donors (Lipinski definition) is 1. The fourth-order valence-corrected chi connectivity index (χ4v) is 18.4. The highest BCUT2D eigenvalue weighted by molar-refractivity contribution is 5.87. The van der Waals surface area contributed by atoms with Crippen LogP contribution in [0, 0.1) is 92.7 Å². The first-order chi connectivity index (χ1) is 36.9. The number of hydrogen-bond acceptors (Lipinski definition) is 13. The number of ether oxygens (including phenoxy) is 6. The molecule has 0 aromatic heterocycles. The molecule has 10 bridgehead atoms. The van der Waals surface area contributed by atoms with Gasteiger partial charge in [0, 0.05) is 29.1 Å². The summed E-state index contributed by atoms with van der Waals surface area (Å²) >= 11 is 0. The minimum absolute atomic E-state index is 0.0101. The Morgan fingerprint density at radius 3 is 1.78 bits per heavy atom. The van der Waals surface area contributed by atoms with Gasteiger partial charge in [0.25, 0.3) is 0 Å². The Balaban J connectivity index is 0.000000127. The molecular weight excluding hydrogens is 1040 g/mol. The number of carbonyl (C=O) groups is 6. The zero-order valence-corrected chi connectivity index (χ0v) is 46.9. The standard InChI is InChI=1S/C22H29F3O6.C16H23F3O3.C12H18O2.C10H12O2/c1-4-20(3,22(23,24)25)19(28)30-16-12-10-11-13(17(26)29-15(11)16)14(12)18(27)31-21(5-2)8-6-7-9-21;1-3-13(2,16(17,18)19)12(20)22-15-7-10-4-11(8-15)6-14(21,5-10)9-15;1-7-8(2)10-3-9(7)4-12(10)5-11(13)14-6-12;11-9-5-10(6-12-9)4-7-1-2-8(10)3-7/h11-16H,4-10H2,1-3H3;10-11,21H,3-9H2,1-2H3;7-10H,3-6H2,1-2H3;1-2,7-8H,3-6H2. The van der Waals surface area contributed by atoms with Crippen molar-refractivity contribution in [2.24, 2.45) is 92.7 Å². The number of aliphatic hydroxyl groups is 1. The van der Waals surface area contributed by atoms with E-state index in [2.05, 4.69) is 26.0 Å². The second-order valence-corrected chi connectivity index (χ2v) is 27.8. The van der Waals surface area contributed by atoms with Crippen molar-refractivity contribution in [2.45, 2.75) is 218 Å². The molecule has 2 spiro atoms. The summed E-state index contributed by atoms with van der Waals surface area (Å²) in [6.07, 6.45) is 7.23. The maximum Gasteiger partial charge on any atom is 0.404 e. The third kappa shape index (κ3) is 9.92. The van der Waals surface area contributed by atoms with E-state index in [0.29, 0.717) is 70.5 Å². The van der Waals surface area contributed by atoms with Gasteiger partial charge in [0.15, 0.2) is 10.8 Å². The van der Waals surface area contributed by atoms with Gasteiger partial charge in [-0.3, -0.25) is 28.8 Å². The Morgan fingerprint density at radius 1 is 0.709 bits per heavy atom. The van der Waals surface area contributed by atoms with Crippen molar-refractivity contribution in [1.82, 2.24) is 0 Å². The second kappa shape index (κ2) is 20.2. The monoisotopic (exact) mass is 1120 g/mol. The summed E-state index contributed by atoms with van der Waals surface area (Å²) in [5.74, 6) is -0.867. The lowest BCUT2D eigenvalue weighted by atomic mass is 9.52. The van der Waals surface area contributed by atoms with Gasteiger partial charge in [0.1, 0.15) is 23.4 Å². The van der Waals surface area contributed by atoms with E-state index in [-0.39, 0.29) is 53.4 Å². The van der Waals surface area contributed by atoms with Crippen LogP contribution in [0.2, 0.25) is 0 Å². The molecule has 18 unspecified atom stereocenters. The van der Waals surface area contributed by atoms with E-state index in [4.69, 9.17) is 28.4 Å². The van der Waals surface area contributed by atoms with Gasteiger partial charge in [0.2, 0.25) is 0 Å². The molecule has 14 aliphatic rings. The van der Waals surface area contributed by atoms with Crippen LogP contribution < -0.4 is 0 Å². The molecule has 0 aromatic rings. The third-order valence-corrected chi connectivity index (χ3v) is 23.3. The Hall–Kier alpha value is -3.90. The van der Waals surface area contributed by atoms with Gasteiger partial charge in [-0.1, -0.05) is 46.8 Å². The van der Waals surface area contributed by atoms with Gasteiger partial charge in [-0.15, -0.1) is 0 Å². The van der Waals surface area contributed by atoms with Crippen LogP contribution in [0.1, 0.15) is 177 Å². The first kappa shape index (κ1) is 58.3. The minimum atomic E-state index is -4.78. The molecule has 13 nitrogen and oxygen atoms in total. The van der Waals surface area contributed by atoms with Crippen LogP contribution in [0.15, 0.2) is 12.2 Å². The number of allylic oxidation sites excluding steroid dienone is 2. The number of fused-ring (bicyclic) bond motifs is 7. The molecule has 1 N–H and O–H groups in total. The summed E-state index contributed by atoms with van der Waals surface area (Å²) in [6, 6.07) is 0. The van der Waals surface area contributed by atoms with Crippen molar-refractivity contribution >= 4 is 35.8 Å². The summed E-state index contributed by atoms with van der Waals surface area (Å²) < 4.78 is 113. The van der Waals surface area contributed by atoms with Crippen molar-refractivity contribution < 1.29 is 88.6 Å². The van der Waals surface area contributed by atoms with Crippen molar-refractivity contribution in [2.75, 3.05) is 13.2 Å². The van der Waals surface area contributed by atoms with Crippen LogP contribution in [0.3, 0.4) is 0 Å². The Labute approximate surface area is 459 Å². The maximum atomic E-state index is 13.5. The lowest BCUT2D eigenvalue weighted by molar-refractivity contribution is -0.256. The van der Waals surface area contributed by atoms with E-state index < -0.39 is 100 Å². The fourth-order valence-electron chi connectivity index (χ4n) is 18.4. The molecule has 3 heterocycles. The molecular formula is C60H82F6O13. The van der Waals surface area contributed by atoms with Crippen LogP contribution in [-0.2, 0) is 57.2 Å². The lowest BCUT2D eigenvalue weighted by Crippen LogP contribution is -2.61. The minimum Gasteiger partial charge on any atom is -0.465 e. The van der Waals surface area contributed by atoms with Crippen LogP contribution >= 0.6 is 0 Å². The lowest BCUT2D eigenvalue weighted by Gasteiger charge is -2.59. The van der Waals surface area contributed by atoms with Crippen LogP contribution in [0.25, 0.3) is 0 Å².